The third-order valence-corrected chi connectivity index (χ3v) is 7.32. The van der Waals surface area contributed by atoms with Gasteiger partial charge >= 0.3 is 0 Å². The molecule has 3 heterocycles. The summed E-state index contributed by atoms with van der Waals surface area (Å²) >= 11 is 0. The van der Waals surface area contributed by atoms with E-state index >= 15 is 0 Å². The maximum Gasteiger partial charge on any atom is 0.213 e. The standard InChI is InChI=1S/C18H26N2O3S/c1-23-18-8-7-14-12-19-10-9-13-5-3-4-6-15(13)17(19)11-16(14)20(18)24(2,21)22/h3-6,14,16-18H,7-12H2,1-2H3. The van der Waals surface area contributed by atoms with Crippen LogP contribution < -0.4 is 0 Å². The number of piperidine rings is 2. The van der Waals surface area contributed by atoms with Crippen LogP contribution >= 0.6 is 0 Å². The van der Waals surface area contributed by atoms with Crippen molar-refractivity contribution in [2.75, 3.05) is 26.5 Å². The molecule has 0 aliphatic carbocycles. The van der Waals surface area contributed by atoms with Crippen LogP contribution in [0.2, 0.25) is 0 Å². The van der Waals surface area contributed by atoms with E-state index in [2.05, 4.69) is 29.2 Å². The van der Waals surface area contributed by atoms with Crippen molar-refractivity contribution in [2.24, 2.45) is 5.92 Å². The molecule has 24 heavy (non-hydrogen) atoms. The highest BCUT2D eigenvalue weighted by molar-refractivity contribution is 7.88. The van der Waals surface area contributed by atoms with Gasteiger partial charge < -0.3 is 4.74 Å². The molecule has 132 valence electrons. The van der Waals surface area contributed by atoms with Gasteiger partial charge in [0, 0.05) is 32.3 Å². The number of benzene rings is 1. The summed E-state index contributed by atoms with van der Waals surface area (Å²) in [6.45, 7) is 2.07. The smallest absolute Gasteiger partial charge is 0.213 e. The molecule has 0 bridgehead atoms. The Morgan fingerprint density at radius 2 is 2.00 bits per heavy atom. The van der Waals surface area contributed by atoms with E-state index in [1.165, 1.54) is 17.4 Å². The minimum Gasteiger partial charge on any atom is -0.365 e. The second-order valence-electron chi connectivity index (χ2n) is 7.38. The Kier molecular flexibility index (Phi) is 4.19. The van der Waals surface area contributed by atoms with Gasteiger partial charge in [-0.15, -0.1) is 0 Å². The van der Waals surface area contributed by atoms with E-state index in [1.807, 2.05) is 0 Å². The summed E-state index contributed by atoms with van der Waals surface area (Å²) in [5.74, 6) is 0.410. The fourth-order valence-electron chi connectivity index (χ4n) is 5.02. The lowest BCUT2D eigenvalue weighted by Crippen LogP contribution is -2.60. The number of ether oxygens (including phenoxy) is 1. The highest BCUT2D eigenvalue weighted by Crippen LogP contribution is 2.44. The van der Waals surface area contributed by atoms with Crippen LogP contribution in [-0.4, -0.2) is 56.3 Å². The van der Waals surface area contributed by atoms with Gasteiger partial charge in [-0.2, -0.15) is 4.31 Å². The van der Waals surface area contributed by atoms with Crippen molar-refractivity contribution in [1.82, 2.24) is 9.21 Å². The fraction of sp³-hybridized carbons (Fsp3) is 0.667. The van der Waals surface area contributed by atoms with Crippen LogP contribution in [0.25, 0.3) is 0 Å². The van der Waals surface area contributed by atoms with Crippen LogP contribution in [0, 0.1) is 5.92 Å². The Morgan fingerprint density at radius 1 is 1.21 bits per heavy atom. The van der Waals surface area contributed by atoms with Gasteiger partial charge in [0.05, 0.1) is 6.26 Å². The molecular weight excluding hydrogens is 324 g/mol. The second kappa shape index (κ2) is 6.09. The lowest BCUT2D eigenvalue weighted by Gasteiger charge is -2.53. The molecule has 1 aromatic rings. The summed E-state index contributed by atoms with van der Waals surface area (Å²) in [7, 11) is -1.66. The van der Waals surface area contributed by atoms with E-state index in [9.17, 15) is 8.42 Å². The van der Waals surface area contributed by atoms with Crippen molar-refractivity contribution in [3.63, 3.8) is 0 Å². The minimum atomic E-state index is -3.28. The molecule has 2 saturated heterocycles. The van der Waals surface area contributed by atoms with Crippen molar-refractivity contribution < 1.29 is 13.2 Å². The molecule has 4 unspecified atom stereocenters. The van der Waals surface area contributed by atoms with Gasteiger partial charge in [0.2, 0.25) is 10.0 Å². The summed E-state index contributed by atoms with van der Waals surface area (Å²) in [5, 5.41) is 0. The zero-order valence-corrected chi connectivity index (χ0v) is 15.2. The third-order valence-electron chi connectivity index (χ3n) is 6.05. The van der Waals surface area contributed by atoms with Crippen LogP contribution in [0.3, 0.4) is 0 Å². The molecule has 2 fully saturated rings. The molecule has 1 aromatic carbocycles. The van der Waals surface area contributed by atoms with Gasteiger partial charge in [0.15, 0.2) is 0 Å². The van der Waals surface area contributed by atoms with Gasteiger partial charge in [-0.25, -0.2) is 8.42 Å². The van der Waals surface area contributed by atoms with Gasteiger partial charge in [-0.3, -0.25) is 4.90 Å². The summed E-state index contributed by atoms with van der Waals surface area (Å²) in [6, 6.07) is 9.01. The van der Waals surface area contributed by atoms with E-state index in [-0.39, 0.29) is 12.3 Å². The molecule has 0 aromatic heterocycles. The molecule has 0 N–H and O–H groups in total. The summed E-state index contributed by atoms with van der Waals surface area (Å²) < 4.78 is 32.1. The van der Waals surface area contributed by atoms with Crippen molar-refractivity contribution in [3.8, 4) is 0 Å². The minimum absolute atomic E-state index is 0.0473. The van der Waals surface area contributed by atoms with Crippen LogP contribution in [0.5, 0.6) is 0 Å². The zero-order chi connectivity index (χ0) is 16.9. The Bertz CT molecular complexity index is 721. The highest BCUT2D eigenvalue weighted by Gasteiger charge is 2.48. The molecule has 3 aliphatic rings. The summed E-state index contributed by atoms with van der Waals surface area (Å²) in [4.78, 5) is 2.57. The number of methoxy groups -OCH3 is 1. The van der Waals surface area contributed by atoms with Crippen LogP contribution in [0.15, 0.2) is 24.3 Å². The predicted octanol–water partition coefficient (Wildman–Crippen LogP) is 2.00. The molecule has 5 nitrogen and oxygen atoms in total. The summed E-state index contributed by atoms with van der Waals surface area (Å²) in [6.07, 6.45) is 4.81. The molecule has 6 heteroatoms. The first-order chi connectivity index (χ1) is 11.5. The molecule has 0 amide bonds. The first kappa shape index (κ1) is 16.5. The van der Waals surface area contributed by atoms with E-state index in [4.69, 9.17) is 4.74 Å². The monoisotopic (exact) mass is 350 g/mol. The molecule has 4 atom stereocenters. The Hall–Kier alpha value is -0.950. The lowest BCUT2D eigenvalue weighted by molar-refractivity contribution is -0.0821. The molecule has 0 spiro atoms. The van der Waals surface area contributed by atoms with Gasteiger partial charge in [0.1, 0.15) is 6.23 Å². The number of hydrogen-bond acceptors (Lipinski definition) is 4. The first-order valence-electron chi connectivity index (χ1n) is 8.82. The highest BCUT2D eigenvalue weighted by atomic mass is 32.2. The topological polar surface area (TPSA) is 49.9 Å². The van der Waals surface area contributed by atoms with Crippen molar-refractivity contribution in [3.05, 3.63) is 35.4 Å². The normalized spacial score (nSPS) is 34.2. The Labute approximate surface area is 144 Å². The van der Waals surface area contributed by atoms with Crippen LogP contribution in [0.1, 0.15) is 36.4 Å². The third kappa shape index (κ3) is 2.69. The maximum atomic E-state index is 12.4. The number of nitrogens with zero attached hydrogens (tertiary/aromatic N) is 2. The second-order valence-corrected chi connectivity index (χ2v) is 9.27. The van der Waals surface area contributed by atoms with E-state index in [0.29, 0.717) is 12.0 Å². The quantitative estimate of drug-likeness (QED) is 0.819. The van der Waals surface area contributed by atoms with Crippen LogP contribution in [-0.2, 0) is 21.2 Å². The fourth-order valence-corrected chi connectivity index (χ4v) is 6.38. The van der Waals surface area contributed by atoms with Crippen molar-refractivity contribution >= 4 is 10.0 Å². The molecule has 0 saturated carbocycles. The Morgan fingerprint density at radius 3 is 2.75 bits per heavy atom. The molecule has 3 aliphatic heterocycles. The summed E-state index contributed by atoms with van der Waals surface area (Å²) in [5.41, 5.74) is 2.80. The molecule has 4 rings (SSSR count). The number of sulfonamides is 1. The van der Waals surface area contributed by atoms with E-state index in [1.54, 1.807) is 11.4 Å². The van der Waals surface area contributed by atoms with E-state index < -0.39 is 10.0 Å². The average molecular weight is 350 g/mol. The number of hydrogen-bond donors (Lipinski definition) is 0. The van der Waals surface area contributed by atoms with Gasteiger partial charge in [0.25, 0.3) is 0 Å². The van der Waals surface area contributed by atoms with Crippen molar-refractivity contribution in [2.45, 2.75) is 44.0 Å². The molecule has 0 radical (unpaired) electrons. The van der Waals surface area contributed by atoms with Crippen molar-refractivity contribution in [1.29, 1.82) is 0 Å². The number of rotatable bonds is 2. The lowest BCUT2D eigenvalue weighted by atomic mass is 9.77. The average Bonchev–Trinajstić information content (AvgIpc) is 2.58. The van der Waals surface area contributed by atoms with E-state index in [0.717, 1.165) is 38.8 Å². The maximum absolute atomic E-state index is 12.4. The Balaban J connectivity index is 1.69. The van der Waals surface area contributed by atoms with Gasteiger partial charge in [-0.05, 0) is 42.7 Å². The zero-order valence-electron chi connectivity index (χ0n) is 14.4. The SMILES string of the molecule is COC1CCC2CN3CCc4ccccc4C3CC2N1S(C)(=O)=O. The molecular formula is C18H26N2O3S. The van der Waals surface area contributed by atoms with Gasteiger partial charge in [-0.1, -0.05) is 24.3 Å². The van der Waals surface area contributed by atoms with Crippen LogP contribution in [0.4, 0.5) is 0 Å². The number of fused-ring (bicyclic) bond motifs is 4. The predicted molar refractivity (Wildman–Crippen MR) is 93.1 cm³/mol. The largest absolute Gasteiger partial charge is 0.365 e. The first-order valence-corrected chi connectivity index (χ1v) is 10.7.